The molecule has 2 heterocycles. The summed E-state index contributed by atoms with van der Waals surface area (Å²) < 4.78 is 36.6. The van der Waals surface area contributed by atoms with Gasteiger partial charge in [0.25, 0.3) is 5.91 Å². The maximum atomic E-state index is 13.6. The topological polar surface area (TPSA) is 55.8 Å². The van der Waals surface area contributed by atoms with E-state index in [-0.39, 0.29) is 18.3 Å². The van der Waals surface area contributed by atoms with Gasteiger partial charge in [0.05, 0.1) is 12.0 Å². The largest absolute Gasteiger partial charge is 0.486 e. The number of ether oxygens (including phenoxy) is 2. The van der Waals surface area contributed by atoms with Crippen LogP contribution in [0.5, 0.6) is 5.75 Å². The van der Waals surface area contributed by atoms with Crippen LogP contribution in [0.1, 0.15) is 28.1 Å². The number of thiophene rings is 1. The summed E-state index contributed by atoms with van der Waals surface area (Å²) in [6.07, 6.45) is 1.33. The molecule has 138 valence electrons. The molecule has 0 aliphatic carbocycles. The molecular weight excluding hydrogens is 364 g/mol. The van der Waals surface area contributed by atoms with Crippen molar-refractivity contribution in [2.45, 2.75) is 25.5 Å². The lowest BCUT2D eigenvalue weighted by Gasteiger charge is -2.21. The molecule has 1 unspecified atom stereocenters. The maximum absolute atomic E-state index is 13.6. The van der Waals surface area contributed by atoms with Crippen molar-refractivity contribution in [1.82, 2.24) is 4.90 Å². The third-order valence-electron chi connectivity index (χ3n) is 4.14. The van der Waals surface area contributed by atoms with Crippen molar-refractivity contribution in [3.63, 3.8) is 0 Å². The van der Waals surface area contributed by atoms with Gasteiger partial charge < -0.3 is 14.4 Å². The minimum Gasteiger partial charge on any atom is -0.486 e. The van der Waals surface area contributed by atoms with Crippen molar-refractivity contribution in [3.8, 4) is 5.75 Å². The number of likely N-dealkylation sites (tertiary alicyclic amines) is 1. The van der Waals surface area contributed by atoms with Gasteiger partial charge in [-0.15, -0.1) is 11.3 Å². The van der Waals surface area contributed by atoms with E-state index >= 15 is 0 Å². The molecule has 1 saturated heterocycles. The van der Waals surface area contributed by atoms with Gasteiger partial charge in [0.1, 0.15) is 18.5 Å². The maximum Gasteiger partial charge on any atom is 0.328 e. The van der Waals surface area contributed by atoms with Crippen LogP contribution >= 0.6 is 11.3 Å². The number of carbonyl (C=O) groups excluding carboxylic acids is 2. The predicted molar refractivity (Wildman–Crippen MR) is 91.1 cm³/mol. The van der Waals surface area contributed by atoms with Gasteiger partial charge in [-0.25, -0.2) is 13.6 Å². The second-order valence-electron chi connectivity index (χ2n) is 5.86. The van der Waals surface area contributed by atoms with Gasteiger partial charge in [-0.3, -0.25) is 4.79 Å². The minimum atomic E-state index is -0.783. The first-order valence-electron chi connectivity index (χ1n) is 8.03. The highest BCUT2D eigenvalue weighted by Gasteiger charge is 2.35. The average Bonchev–Trinajstić information content (AvgIpc) is 3.29. The lowest BCUT2D eigenvalue weighted by atomic mass is 10.2. The summed E-state index contributed by atoms with van der Waals surface area (Å²) in [5, 5.41) is 1.73. The van der Waals surface area contributed by atoms with E-state index in [0.717, 1.165) is 18.6 Å². The van der Waals surface area contributed by atoms with Crippen LogP contribution in [0.4, 0.5) is 8.78 Å². The molecule has 1 aliphatic rings. The Hall–Kier alpha value is -2.48. The average molecular weight is 381 g/mol. The Morgan fingerprint density at radius 3 is 2.85 bits per heavy atom. The zero-order chi connectivity index (χ0) is 18.7. The van der Waals surface area contributed by atoms with Crippen molar-refractivity contribution in [1.29, 1.82) is 0 Å². The lowest BCUT2D eigenvalue weighted by molar-refractivity contribution is -0.145. The molecule has 5 nitrogen and oxygen atoms in total. The summed E-state index contributed by atoms with van der Waals surface area (Å²) in [4.78, 5) is 26.4. The van der Waals surface area contributed by atoms with Crippen LogP contribution in [-0.2, 0) is 16.1 Å². The molecule has 0 N–H and O–H groups in total. The van der Waals surface area contributed by atoms with Gasteiger partial charge in [-0.2, -0.15) is 0 Å². The van der Waals surface area contributed by atoms with Crippen molar-refractivity contribution >= 4 is 23.2 Å². The summed E-state index contributed by atoms with van der Waals surface area (Å²) >= 11 is 1.23. The third-order valence-corrected chi connectivity index (χ3v) is 5.11. The predicted octanol–water partition coefficient (Wildman–Crippen LogP) is 3.38. The Bertz CT molecular complexity index is 823. The van der Waals surface area contributed by atoms with Crippen molar-refractivity contribution in [2.24, 2.45) is 0 Å². The molecule has 2 aromatic rings. The monoisotopic (exact) mass is 381 g/mol. The SMILES string of the molecule is COC(=O)C1CCCN1C(=O)c1cc(COc2ccc(F)cc2F)cs1. The van der Waals surface area contributed by atoms with Crippen molar-refractivity contribution in [3.05, 3.63) is 51.7 Å². The second kappa shape index (κ2) is 7.82. The Balaban J connectivity index is 1.65. The number of rotatable bonds is 5. The smallest absolute Gasteiger partial charge is 0.328 e. The van der Waals surface area contributed by atoms with E-state index in [0.29, 0.717) is 23.4 Å². The molecule has 1 amide bonds. The first kappa shape index (κ1) is 18.3. The van der Waals surface area contributed by atoms with E-state index in [4.69, 9.17) is 9.47 Å². The molecule has 1 aromatic heterocycles. The summed E-state index contributed by atoms with van der Waals surface area (Å²) in [7, 11) is 1.30. The fourth-order valence-corrected chi connectivity index (χ4v) is 3.70. The minimum absolute atomic E-state index is 0.0484. The van der Waals surface area contributed by atoms with Gasteiger partial charge in [0, 0.05) is 18.2 Å². The van der Waals surface area contributed by atoms with E-state index in [9.17, 15) is 18.4 Å². The zero-order valence-electron chi connectivity index (χ0n) is 14.0. The van der Waals surface area contributed by atoms with Crippen LogP contribution in [-0.4, -0.2) is 36.5 Å². The van der Waals surface area contributed by atoms with Crippen molar-refractivity contribution < 1.29 is 27.8 Å². The highest BCUT2D eigenvalue weighted by molar-refractivity contribution is 7.12. The van der Waals surface area contributed by atoms with E-state index in [1.165, 1.54) is 29.4 Å². The summed E-state index contributed by atoms with van der Waals surface area (Å²) in [6.45, 7) is 0.551. The first-order chi connectivity index (χ1) is 12.5. The number of esters is 1. The summed E-state index contributed by atoms with van der Waals surface area (Å²) in [6, 6.07) is 4.18. The first-order valence-corrected chi connectivity index (χ1v) is 8.91. The number of nitrogens with zero attached hydrogens (tertiary/aromatic N) is 1. The summed E-state index contributed by atoms with van der Waals surface area (Å²) in [5.41, 5.74) is 0.691. The number of methoxy groups -OCH3 is 1. The Labute approximate surface area is 153 Å². The number of halogens is 2. The normalized spacial score (nSPS) is 16.6. The fraction of sp³-hybridized carbons (Fsp3) is 0.333. The molecular formula is C18H17F2NO4S. The number of benzene rings is 1. The van der Waals surface area contributed by atoms with E-state index in [1.807, 2.05) is 0 Å². The molecule has 0 bridgehead atoms. The standard InChI is InChI=1S/C18H17F2NO4S/c1-24-18(23)14-3-2-6-21(14)17(22)16-7-11(10-26-16)9-25-15-5-4-12(19)8-13(15)20/h4-5,7-8,10,14H,2-3,6,9H2,1H3. The van der Waals surface area contributed by atoms with E-state index in [1.54, 1.807) is 11.4 Å². The van der Waals surface area contributed by atoms with Crippen molar-refractivity contribution in [2.75, 3.05) is 13.7 Å². The molecule has 0 spiro atoms. The highest BCUT2D eigenvalue weighted by atomic mass is 32.1. The van der Waals surface area contributed by atoms with Crippen LogP contribution in [0.25, 0.3) is 0 Å². The van der Waals surface area contributed by atoms with E-state index in [2.05, 4.69) is 0 Å². The van der Waals surface area contributed by atoms with Gasteiger partial charge in [0.2, 0.25) is 0 Å². The lowest BCUT2D eigenvalue weighted by Crippen LogP contribution is -2.40. The Morgan fingerprint density at radius 2 is 2.12 bits per heavy atom. The summed E-state index contributed by atoms with van der Waals surface area (Å²) in [5.74, 6) is -2.17. The molecule has 1 aliphatic heterocycles. The number of hydrogen-bond acceptors (Lipinski definition) is 5. The second-order valence-corrected chi connectivity index (χ2v) is 6.77. The molecule has 1 fully saturated rings. The Kier molecular flexibility index (Phi) is 5.51. The molecule has 1 atom stereocenters. The molecule has 3 rings (SSSR count). The number of carbonyl (C=O) groups is 2. The molecule has 8 heteroatoms. The van der Waals surface area contributed by atoms with Crippen LogP contribution in [0.2, 0.25) is 0 Å². The van der Waals surface area contributed by atoms with Crippen LogP contribution in [0.15, 0.2) is 29.6 Å². The van der Waals surface area contributed by atoms with Crippen LogP contribution in [0, 0.1) is 11.6 Å². The number of amides is 1. The quantitative estimate of drug-likeness (QED) is 0.745. The molecule has 0 saturated carbocycles. The van der Waals surface area contributed by atoms with E-state index < -0.39 is 23.6 Å². The van der Waals surface area contributed by atoms with Gasteiger partial charge in [-0.1, -0.05) is 0 Å². The molecule has 0 radical (unpaired) electrons. The molecule has 26 heavy (non-hydrogen) atoms. The Morgan fingerprint density at radius 1 is 1.31 bits per heavy atom. The number of hydrogen-bond donors (Lipinski definition) is 0. The fourth-order valence-electron chi connectivity index (χ4n) is 2.85. The van der Waals surface area contributed by atoms with Gasteiger partial charge in [0.15, 0.2) is 11.6 Å². The highest BCUT2D eigenvalue weighted by Crippen LogP contribution is 2.25. The zero-order valence-corrected chi connectivity index (χ0v) is 14.9. The van der Waals surface area contributed by atoms with Gasteiger partial charge in [-0.05, 0) is 36.4 Å². The third kappa shape index (κ3) is 3.85. The van der Waals surface area contributed by atoms with Crippen LogP contribution < -0.4 is 4.74 Å². The van der Waals surface area contributed by atoms with Gasteiger partial charge >= 0.3 is 5.97 Å². The van der Waals surface area contributed by atoms with Crippen LogP contribution in [0.3, 0.4) is 0 Å². The molecule has 1 aromatic carbocycles.